The molecular formula is C15H19N3O3. The number of hydrogen-bond donors (Lipinski definition) is 2. The van der Waals surface area contributed by atoms with Crippen molar-refractivity contribution in [3.63, 3.8) is 0 Å². The number of ether oxygens (including phenoxy) is 2. The van der Waals surface area contributed by atoms with Crippen molar-refractivity contribution < 1.29 is 14.0 Å². The highest BCUT2D eigenvalue weighted by Crippen LogP contribution is 2.38. The smallest absolute Gasteiger partial charge is 0.163 e. The zero-order valence-corrected chi connectivity index (χ0v) is 12.4. The fourth-order valence-corrected chi connectivity index (χ4v) is 2.64. The number of anilines is 2. The molecular weight excluding hydrogens is 270 g/mol. The Morgan fingerprint density at radius 3 is 2.48 bits per heavy atom. The van der Waals surface area contributed by atoms with E-state index in [1.165, 1.54) is 0 Å². The standard InChI is InChI=1S/C15H19N3O3/c1-8(15-9(2)18-21-10(15)3)17-12-7-14-13(6-11(12)16)19-4-5-20-14/h6-8,17H,4-5,16H2,1-3H3. The second-order valence-corrected chi connectivity index (χ2v) is 5.19. The molecule has 0 bridgehead atoms. The molecule has 1 atom stereocenters. The minimum atomic E-state index is 0.0288. The third-order valence-electron chi connectivity index (χ3n) is 3.61. The van der Waals surface area contributed by atoms with Gasteiger partial charge in [-0.1, -0.05) is 5.16 Å². The molecule has 21 heavy (non-hydrogen) atoms. The Bertz CT molecular complexity index is 647. The Morgan fingerprint density at radius 2 is 1.86 bits per heavy atom. The molecule has 6 nitrogen and oxygen atoms in total. The molecule has 1 aromatic heterocycles. The third-order valence-corrected chi connectivity index (χ3v) is 3.61. The molecule has 0 aliphatic carbocycles. The van der Waals surface area contributed by atoms with E-state index in [4.69, 9.17) is 19.7 Å². The predicted octanol–water partition coefficient (Wildman–Crippen LogP) is 2.82. The summed E-state index contributed by atoms with van der Waals surface area (Å²) in [6.45, 7) is 6.98. The van der Waals surface area contributed by atoms with E-state index in [9.17, 15) is 0 Å². The van der Waals surface area contributed by atoms with Gasteiger partial charge in [0.15, 0.2) is 11.5 Å². The summed E-state index contributed by atoms with van der Waals surface area (Å²) in [6.07, 6.45) is 0. The molecule has 1 aromatic carbocycles. The average Bonchev–Trinajstić information content (AvgIpc) is 2.79. The molecule has 6 heteroatoms. The van der Waals surface area contributed by atoms with E-state index in [1.54, 1.807) is 6.07 Å². The van der Waals surface area contributed by atoms with Crippen LogP contribution in [-0.4, -0.2) is 18.4 Å². The van der Waals surface area contributed by atoms with E-state index in [1.807, 2.05) is 26.8 Å². The highest BCUT2D eigenvalue weighted by atomic mass is 16.6. The average molecular weight is 289 g/mol. The van der Waals surface area contributed by atoms with Crippen LogP contribution >= 0.6 is 0 Å². The second kappa shape index (κ2) is 5.20. The largest absolute Gasteiger partial charge is 0.486 e. The maximum absolute atomic E-state index is 6.09. The molecule has 2 aromatic rings. The summed E-state index contributed by atoms with van der Waals surface area (Å²) >= 11 is 0. The van der Waals surface area contributed by atoms with Crippen molar-refractivity contribution in [2.24, 2.45) is 0 Å². The van der Waals surface area contributed by atoms with Crippen molar-refractivity contribution in [2.45, 2.75) is 26.8 Å². The van der Waals surface area contributed by atoms with Crippen molar-refractivity contribution in [1.82, 2.24) is 5.16 Å². The van der Waals surface area contributed by atoms with E-state index >= 15 is 0 Å². The quantitative estimate of drug-likeness (QED) is 0.845. The number of nitrogens with one attached hydrogen (secondary N) is 1. The van der Waals surface area contributed by atoms with Crippen LogP contribution in [0.15, 0.2) is 16.7 Å². The van der Waals surface area contributed by atoms with Gasteiger partial charge in [-0.15, -0.1) is 0 Å². The molecule has 3 rings (SSSR count). The van der Waals surface area contributed by atoms with Gasteiger partial charge in [-0.25, -0.2) is 0 Å². The van der Waals surface area contributed by atoms with Crippen LogP contribution in [0.2, 0.25) is 0 Å². The van der Waals surface area contributed by atoms with Crippen LogP contribution in [0.25, 0.3) is 0 Å². The summed E-state index contributed by atoms with van der Waals surface area (Å²) in [4.78, 5) is 0. The van der Waals surface area contributed by atoms with Crippen molar-refractivity contribution in [2.75, 3.05) is 24.3 Å². The number of aromatic nitrogens is 1. The van der Waals surface area contributed by atoms with E-state index in [2.05, 4.69) is 10.5 Å². The van der Waals surface area contributed by atoms with Gasteiger partial charge < -0.3 is 25.0 Å². The third kappa shape index (κ3) is 2.49. The van der Waals surface area contributed by atoms with Gasteiger partial charge in [0.25, 0.3) is 0 Å². The van der Waals surface area contributed by atoms with Crippen LogP contribution in [0, 0.1) is 13.8 Å². The van der Waals surface area contributed by atoms with Crippen molar-refractivity contribution in [3.05, 3.63) is 29.2 Å². The van der Waals surface area contributed by atoms with Crippen molar-refractivity contribution in [3.8, 4) is 11.5 Å². The Kier molecular flexibility index (Phi) is 3.37. The van der Waals surface area contributed by atoms with E-state index < -0.39 is 0 Å². The topological polar surface area (TPSA) is 82.5 Å². The van der Waals surface area contributed by atoms with Gasteiger partial charge in [-0.2, -0.15) is 0 Å². The summed E-state index contributed by atoms with van der Waals surface area (Å²) in [5.41, 5.74) is 9.44. The van der Waals surface area contributed by atoms with E-state index in [0.29, 0.717) is 30.4 Å². The zero-order chi connectivity index (χ0) is 15.0. The lowest BCUT2D eigenvalue weighted by atomic mass is 10.1. The van der Waals surface area contributed by atoms with Gasteiger partial charge in [0.05, 0.1) is 23.1 Å². The molecule has 112 valence electrons. The molecule has 1 aliphatic heterocycles. The van der Waals surface area contributed by atoms with Crippen molar-refractivity contribution >= 4 is 11.4 Å². The SMILES string of the molecule is Cc1noc(C)c1C(C)Nc1cc2c(cc1N)OCCO2. The first-order valence-electron chi connectivity index (χ1n) is 6.94. The number of hydrogen-bond acceptors (Lipinski definition) is 6. The van der Waals surface area contributed by atoms with Crippen LogP contribution < -0.4 is 20.5 Å². The summed E-state index contributed by atoms with van der Waals surface area (Å²) in [7, 11) is 0. The van der Waals surface area contributed by atoms with Crippen LogP contribution in [-0.2, 0) is 0 Å². The van der Waals surface area contributed by atoms with Crippen LogP contribution in [0.4, 0.5) is 11.4 Å². The second-order valence-electron chi connectivity index (χ2n) is 5.19. The number of rotatable bonds is 3. The molecule has 0 radical (unpaired) electrons. The monoisotopic (exact) mass is 289 g/mol. The van der Waals surface area contributed by atoms with Crippen LogP contribution in [0.3, 0.4) is 0 Å². The highest BCUT2D eigenvalue weighted by Gasteiger charge is 2.19. The Morgan fingerprint density at radius 1 is 1.19 bits per heavy atom. The van der Waals surface area contributed by atoms with Crippen molar-refractivity contribution in [1.29, 1.82) is 0 Å². The van der Waals surface area contributed by atoms with E-state index in [0.717, 1.165) is 22.7 Å². The van der Waals surface area contributed by atoms with Crippen LogP contribution in [0.1, 0.15) is 30.0 Å². The first-order chi connectivity index (χ1) is 10.1. The van der Waals surface area contributed by atoms with Gasteiger partial charge >= 0.3 is 0 Å². The minimum Gasteiger partial charge on any atom is -0.486 e. The zero-order valence-electron chi connectivity index (χ0n) is 12.4. The molecule has 0 amide bonds. The molecule has 0 spiro atoms. The Hall–Kier alpha value is -2.37. The molecule has 2 heterocycles. The molecule has 0 saturated heterocycles. The fourth-order valence-electron chi connectivity index (χ4n) is 2.64. The number of nitrogen functional groups attached to an aromatic ring is 1. The van der Waals surface area contributed by atoms with Gasteiger partial charge in [0.1, 0.15) is 19.0 Å². The van der Waals surface area contributed by atoms with Crippen LogP contribution in [0.5, 0.6) is 11.5 Å². The number of benzene rings is 1. The number of fused-ring (bicyclic) bond motifs is 1. The predicted molar refractivity (Wildman–Crippen MR) is 79.9 cm³/mol. The molecule has 3 N–H and O–H groups in total. The van der Waals surface area contributed by atoms with Gasteiger partial charge in [0, 0.05) is 17.7 Å². The van der Waals surface area contributed by atoms with Gasteiger partial charge in [0.2, 0.25) is 0 Å². The summed E-state index contributed by atoms with van der Waals surface area (Å²) in [5, 5.41) is 7.36. The summed E-state index contributed by atoms with van der Waals surface area (Å²) in [6, 6.07) is 3.69. The maximum atomic E-state index is 6.09. The minimum absolute atomic E-state index is 0.0288. The molecule has 0 fully saturated rings. The summed E-state index contributed by atoms with van der Waals surface area (Å²) in [5.74, 6) is 2.21. The molecule has 0 saturated carbocycles. The molecule has 1 unspecified atom stereocenters. The fraction of sp³-hybridized carbons (Fsp3) is 0.400. The lowest BCUT2D eigenvalue weighted by molar-refractivity contribution is 0.172. The maximum Gasteiger partial charge on any atom is 0.163 e. The molecule has 1 aliphatic rings. The normalized spacial score (nSPS) is 14.8. The highest BCUT2D eigenvalue weighted by molar-refractivity contribution is 5.72. The van der Waals surface area contributed by atoms with Gasteiger partial charge in [-0.3, -0.25) is 0 Å². The number of nitrogens with two attached hydrogens (primary N) is 1. The Labute approximate surface area is 123 Å². The van der Waals surface area contributed by atoms with E-state index in [-0.39, 0.29) is 6.04 Å². The first kappa shape index (κ1) is 13.6. The lowest BCUT2D eigenvalue weighted by Crippen LogP contribution is -2.16. The first-order valence-corrected chi connectivity index (χ1v) is 6.94. The van der Waals surface area contributed by atoms with Gasteiger partial charge in [-0.05, 0) is 20.8 Å². The number of aryl methyl sites for hydroxylation is 2. The lowest BCUT2D eigenvalue weighted by Gasteiger charge is -2.22. The Balaban J connectivity index is 1.88. The number of nitrogens with zero attached hydrogens (tertiary/aromatic N) is 1. The summed E-state index contributed by atoms with van der Waals surface area (Å²) < 4.78 is 16.3.